The van der Waals surface area contributed by atoms with E-state index in [1.807, 2.05) is 45.0 Å². The fraction of sp³-hybridized carbons (Fsp3) is 0.286. The first-order chi connectivity index (χ1) is 14.3. The van der Waals surface area contributed by atoms with Gasteiger partial charge < -0.3 is 0 Å². The molecule has 0 fully saturated rings. The lowest BCUT2D eigenvalue weighted by Crippen LogP contribution is -2.35. The molecule has 2 aromatic carbocycles. The van der Waals surface area contributed by atoms with Gasteiger partial charge in [-0.2, -0.15) is 0 Å². The second-order valence-corrected chi connectivity index (χ2v) is 10.4. The number of para-hydroxylation sites is 1. The predicted molar refractivity (Wildman–Crippen MR) is 118 cm³/mol. The molecule has 4 rings (SSSR count). The van der Waals surface area contributed by atoms with Crippen LogP contribution in [0, 0.1) is 0 Å². The molecule has 1 aliphatic heterocycles. The number of anilines is 2. The van der Waals surface area contributed by atoms with Crippen LogP contribution in [-0.2, 0) is 16.4 Å². The third kappa shape index (κ3) is 3.70. The molecule has 1 aliphatic rings. The summed E-state index contributed by atoms with van der Waals surface area (Å²) >= 11 is 1.31. The highest BCUT2D eigenvalue weighted by Gasteiger charge is 2.36. The molecular formula is C21H22N4O3S2. The highest BCUT2D eigenvalue weighted by atomic mass is 32.2. The largest absolute Gasteiger partial charge is 0.296 e. The molecule has 3 aromatic rings. The summed E-state index contributed by atoms with van der Waals surface area (Å²) in [4.78, 5) is 12.8. The summed E-state index contributed by atoms with van der Waals surface area (Å²) in [7, 11) is -3.81. The van der Waals surface area contributed by atoms with E-state index in [2.05, 4.69) is 15.5 Å². The van der Waals surface area contributed by atoms with E-state index in [0.717, 1.165) is 10.6 Å². The number of nitrogens with zero attached hydrogens (tertiary/aromatic N) is 3. The van der Waals surface area contributed by atoms with Gasteiger partial charge in [-0.05, 0) is 43.2 Å². The van der Waals surface area contributed by atoms with E-state index in [-0.39, 0.29) is 22.4 Å². The molecule has 156 valence electrons. The number of carbonyl (C=O) groups excluding carboxylic acids is 1. The molecule has 2 heterocycles. The summed E-state index contributed by atoms with van der Waals surface area (Å²) in [6, 6.07) is 13.4. The third-order valence-corrected chi connectivity index (χ3v) is 8.02. The maximum absolute atomic E-state index is 13.4. The summed E-state index contributed by atoms with van der Waals surface area (Å²) in [5.74, 6) is -0.208. The minimum atomic E-state index is -3.81. The van der Waals surface area contributed by atoms with E-state index >= 15 is 0 Å². The van der Waals surface area contributed by atoms with E-state index in [0.29, 0.717) is 17.2 Å². The van der Waals surface area contributed by atoms with Crippen molar-refractivity contribution in [3.05, 3.63) is 64.7 Å². The average molecular weight is 443 g/mol. The number of amides is 1. The van der Waals surface area contributed by atoms with Crippen LogP contribution >= 0.6 is 11.3 Å². The molecule has 1 amide bonds. The van der Waals surface area contributed by atoms with Crippen molar-refractivity contribution >= 4 is 38.1 Å². The second-order valence-electron chi connectivity index (χ2n) is 7.56. The summed E-state index contributed by atoms with van der Waals surface area (Å²) in [6.07, 6.45) is 0.658. The van der Waals surface area contributed by atoms with Crippen LogP contribution < -0.4 is 9.62 Å². The Labute approximate surface area is 179 Å². The first kappa shape index (κ1) is 20.5. The average Bonchev–Trinajstić information content (AvgIpc) is 3.31. The van der Waals surface area contributed by atoms with Gasteiger partial charge in [0.2, 0.25) is 5.13 Å². The number of hydrogen-bond acceptors (Lipinski definition) is 6. The Kier molecular flexibility index (Phi) is 5.33. The zero-order valence-corrected chi connectivity index (χ0v) is 18.5. The smallest absolute Gasteiger partial charge is 0.264 e. The highest BCUT2D eigenvalue weighted by molar-refractivity contribution is 7.92. The quantitative estimate of drug-likeness (QED) is 0.643. The van der Waals surface area contributed by atoms with Gasteiger partial charge in [-0.3, -0.25) is 14.4 Å². The second kappa shape index (κ2) is 7.81. The van der Waals surface area contributed by atoms with Crippen LogP contribution in [0.3, 0.4) is 0 Å². The highest BCUT2D eigenvalue weighted by Crippen LogP contribution is 2.36. The Morgan fingerprint density at radius 3 is 2.67 bits per heavy atom. The van der Waals surface area contributed by atoms with Crippen molar-refractivity contribution in [3.8, 4) is 0 Å². The molecule has 1 unspecified atom stereocenters. The number of aromatic nitrogens is 2. The van der Waals surface area contributed by atoms with Gasteiger partial charge in [-0.25, -0.2) is 8.42 Å². The van der Waals surface area contributed by atoms with Gasteiger partial charge in [0.1, 0.15) is 5.01 Å². The fourth-order valence-corrected chi connectivity index (χ4v) is 5.98. The van der Waals surface area contributed by atoms with Crippen molar-refractivity contribution in [2.45, 2.75) is 44.0 Å². The molecule has 0 saturated carbocycles. The Morgan fingerprint density at radius 2 is 1.93 bits per heavy atom. The third-order valence-electron chi connectivity index (χ3n) is 4.95. The normalized spacial score (nSPS) is 16.0. The molecule has 0 radical (unpaired) electrons. The van der Waals surface area contributed by atoms with Crippen LogP contribution in [0.25, 0.3) is 0 Å². The Balaban J connectivity index is 1.62. The van der Waals surface area contributed by atoms with Crippen LogP contribution in [0.1, 0.15) is 47.6 Å². The molecule has 0 aliphatic carbocycles. The van der Waals surface area contributed by atoms with E-state index in [1.165, 1.54) is 27.8 Å². The number of sulfonamides is 1. The minimum Gasteiger partial charge on any atom is -0.296 e. The van der Waals surface area contributed by atoms with Gasteiger partial charge in [0.25, 0.3) is 15.9 Å². The summed E-state index contributed by atoms with van der Waals surface area (Å²) in [5.41, 5.74) is 1.94. The lowest BCUT2D eigenvalue weighted by Gasteiger charge is -2.24. The van der Waals surface area contributed by atoms with Crippen molar-refractivity contribution in [1.82, 2.24) is 10.2 Å². The van der Waals surface area contributed by atoms with Gasteiger partial charge in [-0.1, -0.05) is 49.4 Å². The number of hydrogen-bond donors (Lipinski definition) is 1. The molecule has 7 nitrogen and oxygen atoms in total. The van der Waals surface area contributed by atoms with Crippen LogP contribution in [-0.4, -0.2) is 30.6 Å². The lowest BCUT2D eigenvalue weighted by atomic mass is 10.1. The number of fused-ring (bicyclic) bond motifs is 1. The SMILES string of the molecule is CC(C)c1nnc(NC(=O)c2cccc(S(=O)(=O)N3c4ccccc4CC3C)c2)s1. The summed E-state index contributed by atoms with van der Waals surface area (Å²) in [6.45, 7) is 5.88. The standard InChI is InChI=1S/C21H22N4O3S2/c1-13(2)20-23-24-21(29-20)22-19(26)16-8-6-9-17(12-16)30(27,28)25-14(3)11-15-7-4-5-10-18(15)25/h4-10,12-14H,11H2,1-3H3,(H,22,24,26). The minimum absolute atomic E-state index is 0.0823. The van der Waals surface area contributed by atoms with Gasteiger partial charge in [-0.15, -0.1) is 10.2 Å². The lowest BCUT2D eigenvalue weighted by molar-refractivity contribution is 0.102. The number of rotatable bonds is 5. The summed E-state index contributed by atoms with van der Waals surface area (Å²) in [5, 5.41) is 11.9. The Hall–Kier alpha value is -2.78. The van der Waals surface area contributed by atoms with Gasteiger partial charge in [0, 0.05) is 17.5 Å². The molecule has 0 spiro atoms. The molecule has 1 aromatic heterocycles. The van der Waals surface area contributed by atoms with E-state index in [1.54, 1.807) is 12.1 Å². The van der Waals surface area contributed by atoms with E-state index < -0.39 is 15.9 Å². The molecule has 1 N–H and O–H groups in total. The monoisotopic (exact) mass is 442 g/mol. The van der Waals surface area contributed by atoms with Gasteiger partial charge in [0.05, 0.1) is 10.6 Å². The van der Waals surface area contributed by atoms with Crippen molar-refractivity contribution in [1.29, 1.82) is 0 Å². The molecule has 9 heteroatoms. The maximum Gasteiger partial charge on any atom is 0.264 e. The fourth-order valence-electron chi connectivity index (χ4n) is 3.50. The first-order valence-corrected chi connectivity index (χ1v) is 11.9. The summed E-state index contributed by atoms with van der Waals surface area (Å²) < 4.78 is 28.2. The number of benzene rings is 2. The molecule has 0 bridgehead atoms. The van der Waals surface area contributed by atoms with Crippen LogP contribution in [0.4, 0.5) is 10.8 Å². The predicted octanol–water partition coefficient (Wildman–Crippen LogP) is 4.05. The van der Waals surface area contributed by atoms with Crippen LogP contribution in [0.15, 0.2) is 53.4 Å². The maximum atomic E-state index is 13.4. The Morgan fingerprint density at radius 1 is 1.17 bits per heavy atom. The van der Waals surface area contributed by atoms with E-state index in [4.69, 9.17) is 0 Å². The van der Waals surface area contributed by atoms with Crippen LogP contribution in [0.2, 0.25) is 0 Å². The van der Waals surface area contributed by atoms with Gasteiger partial charge >= 0.3 is 0 Å². The Bertz CT molecular complexity index is 1200. The molecule has 30 heavy (non-hydrogen) atoms. The topological polar surface area (TPSA) is 92.3 Å². The molecule has 0 saturated heterocycles. The van der Waals surface area contributed by atoms with Crippen molar-refractivity contribution in [3.63, 3.8) is 0 Å². The van der Waals surface area contributed by atoms with Crippen molar-refractivity contribution < 1.29 is 13.2 Å². The van der Waals surface area contributed by atoms with Crippen molar-refractivity contribution in [2.24, 2.45) is 0 Å². The zero-order valence-electron chi connectivity index (χ0n) is 16.9. The van der Waals surface area contributed by atoms with Gasteiger partial charge in [0.15, 0.2) is 0 Å². The molecular weight excluding hydrogens is 420 g/mol. The first-order valence-electron chi connectivity index (χ1n) is 9.64. The van der Waals surface area contributed by atoms with Crippen molar-refractivity contribution in [2.75, 3.05) is 9.62 Å². The number of nitrogens with one attached hydrogen (secondary N) is 1. The molecule has 1 atom stereocenters. The van der Waals surface area contributed by atoms with Crippen LogP contribution in [0.5, 0.6) is 0 Å². The number of carbonyl (C=O) groups is 1. The van der Waals surface area contributed by atoms with E-state index in [9.17, 15) is 13.2 Å². The zero-order chi connectivity index (χ0) is 21.5.